The standard InChI is InChI=1S/C21H23NO3/c1-14-5-7-16(8-6-14)15(2)22(3)21(23)11-17-13-25-20-12-18(24-4)9-10-19(17)20/h5-10,12-13,15H,11H2,1-4H3. The first-order chi connectivity index (χ1) is 12.0. The number of carbonyl (C=O) groups is 1. The quantitative estimate of drug-likeness (QED) is 0.688. The average Bonchev–Trinajstić information content (AvgIpc) is 3.03. The van der Waals surface area contributed by atoms with Gasteiger partial charge in [-0.1, -0.05) is 29.8 Å². The maximum absolute atomic E-state index is 12.7. The summed E-state index contributed by atoms with van der Waals surface area (Å²) in [6.45, 7) is 4.10. The van der Waals surface area contributed by atoms with E-state index in [9.17, 15) is 4.79 Å². The molecule has 1 unspecified atom stereocenters. The number of rotatable bonds is 5. The van der Waals surface area contributed by atoms with E-state index in [1.54, 1.807) is 18.3 Å². The van der Waals surface area contributed by atoms with Crippen molar-refractivity contribution in [1.82, 2.24) is 4.90 Å². The number of benzene rings is 2. The second-order valence-electron chi connectivity index (χ2n) is 6.39. The number of nitrogens with zero attached hydrogens (tertiary/aromatic N) is 1. The minimum absolute atomic E-state index is 0.0198. The maximum atomic E-state index is 12.7. The van der Waals surface area contributed by atoms with Crippen LogP contribution in [0.5, 0.6) is 5.75 Å². The number of hydrogen-bond donors (Lipinski definition) is 0. The Morgan fingerprint density at radius 2 is 1.92 bits per heavy atom. The van der Waals surface area contributed by atoms with Gasteiger partial charge in [0.25, 0.3) is 0 Å². The molecule has 1 atom stereocenters. The molecular weight excluding hydrogens is 314 g/mol. The van der Waals surface area contributed by atoms with Crippen LogP contribution in [0.2, 0.25) is 0 Å². The molecule has 1 aromatic heterocycles. The smallest absolute Gasteiger partial charge is 0.227 e. The van der Waals surface area contributed by atoms with Crippen LogP contribution in [0.4, 0.5) is 0 Å². The van der Waals surface area contributed by atoms with E-state index in [1.165, 1.54) is 5.56 Å². The van der Waals surface area contributed by atoms with E-state index in [0.717, 1.165) is 27.8 Å². The lowest BCUT2D eigenvalue weighted by Gasteiger charge is -2.25. The Morgan fingerprint density at radius 1 is 1.20 bits per heavy atom. The number of furan rings is 1. The first-order valence-electron chi connectivity index (χ1n) is 8.36. The summed E-state index contributed by atoms with van der Waals surface area (Å²) in [5.74, 6) is 0.802. The monoisotopic (exact) mass is 337 g/mol. The molecule has 0 saturated heterocycles. The first kappa shape index (κ1) is 17.1. The molecule has 0 aliphatic rings. The van der Waals surface area contributed by atoms with Crippen LogP contribution in [-0.2, 0) is 11.2 Å². The fourth-order valence-electron chi connectivity index (χ4n) is 2.90. The molecule has 1 amide bonds. The topological polar surface area (TPSA) is 42.7 Å². The number of carbonyl (C=O) groups excluding carboxylic acids is 1. The van der Waals surface area contributed by atoms with Crippen molar-refractivity contribution in [2.45, 2.75) is 26.3 Å². The summed E-state index contributed by atoms with van der Waals surface area (Å²) in [5, 5.41) is 0.950. The molecule has 0 bridgehead atoms. The second kappa shape index (κ2) is 7.01. The predicted molar refractivity (Wildman–Crippen MR) is 98.8 cm³/mol. The number of aryl methyl sites for hydroxylation is 1. The van der Waals surface area contributed by atoms with E-state index in [-0.39, 0.29) is 11.9 Å². The van der Waals surface area contributed by atoms with Gasteiger partial charge in [0.15, 0.2) is 0 Å². The zero-order chi connectivity index (χ0) is 18.0. The molecule has 0 spiro atoms. The molecule has 2 aromatic carbocycles. The van der Waals surface area contributed by atoms with E-state index in [4.69, 9.17) is 9.15 Å². The van der Waals surface area contributed by atoms with Gasteiger partial charge in [0.2, 0.25) is 5.91 Å². The molecule has 0 fully saturated rings. The molecular formula is C21H23NO3. The highest BCUT2D eigenvalue weighted by Crippen LogP contribution is 2.27. The molecule has 0 N–H and O–H groups in total. The van der Waals surface area contributed by atoms with Gasteiger partial charge < -0.3 is 14.1 Å². The van der Waals surface area contributed by atoms with Crippen LogP contribution in [0.3, 0.4) is 0 Å². The Morgan fingerprint density at radius 3 is 2.60 bits per heavy atom. The molecule has 1 heterocycles. The summed E-state index contributed by atoms with van der Waals surface area (Å²) in [5.41, 5.74) is 3.97. The summed E-state index contributed by atoms with van der Waals surface area (Å²) in [6, 6.07) is 14.0. The third kappa shape index (κ3) is 3.53. The van der Waals surface area contributed by atoms with Gasteiger partial charge >= 0.3 is 0 Å². The van der Waals surface area contributed by atoms with Crippen LogP contribution in [0.1, 0.15) is 29.7 Å². The van der Waals surface area contributed by atoms with Gasteiger partial charge in [-0.25, -0.2) is 0 Å². The van der Waals surface area contributed by atoms with Gasteiger partial charge in [0.1, 0.15) is 11.3 Å². The third-order valence-corrected chi connectivity index (χ3v) is 4.74. The number of amides is 1. The highest BCUT2D eigenvalue weighted by Gasteiger charge is 2.19. The van der Waals surface area contributed by atoms with Crippen molar-refractivity contribution < 1.29 is 13.9 Å². The van der Waals surface area contributed by atoms with Crippen molar-refractivity contribution in [2.75, 3.05) is 14.2 Å². The van der Waals surface area contributed by atoms with Crippen LogP contribution in [0, 0.1) is 6.92 Å². The molecule has 130 valence electrons. The predicted octanol–water partition coefficient (Wildman–Crippen LogP) is 4.51. The van der Waals surface area contributed by atoms with Crippen LogP contribution in [0.15, 0.2) is 53.1 Å². The lowest BCUT2D eigenvalue weighted by Crippen LogP contribution is -2.30. The van der Waals surface area contributed by atoms with E-state index in [2.05, 4.69) is 31.2 Å². The Labute approximate surface area is 148 Å². The number of hydrogen-bond acceptors (Lipinski definition) is 3. The third-order valence-electron chi connectivity index (χ3n) is 4.74. The Hall–Kier alpha value is -2.75. The minimum Gasteiger partial charge on any atom is -0.497 e. The van der Waals surface area contributed by atoms with Crippen molar-refractivity contribution in [3.63, 3.8) is 0 Å². The summed E-state index contributed by atoms with van der Waals surface area (Å²) in [6.07, 6.45) is 1.97. The van der Waals surface area contributed by atoms with Crippen molar-refractivity contribution in [1.29, 1.82) is 0 Å². The van der Waals surface area contributed by atoms with Gasteiger partial charge in [0.05, 0.1) is 25.8 Å². The normalized spacial score (nSPS) is 12.2. The van der Waals surface area contributed by atoms with Crippen LogP contribution < -0.4 is 4.74 Å². The fourth-order valence-corrected chi connectivity index (χ4v) is 2.90. The minimum atomic E-state index is 0.0198. The van der Waals surface area contributed by atoms with Gasteiger partial charge in [-0.3, -0.25) is 4.79 Å². The maximum Gasteiger partial charge on any atom is 0.227 e. The molecule has 0 aliphatic carbocycles. The number of methoxy groups -OCH3 is 1. The molecule has 4 nitrogen and oxygen atoms in total. The Bertz CT molecular complexity index is 880. The molecule has 3 rings (SSSR count). The van der Waals surface area contributed by atoms with Crippen LogP contribution in [0.25, 0.3) is 11.0 Å². The van der Waals surface area contributed by atoms with E-state index >= 15 is 0 Å². The van der Waals surface area contributed by atoms with Crippen LogP contribution in [-0.4, -0.2) is 25.0 Å². The van der Waals surface area contributed by atoms with Crippen molar-refractivity contribution >= 4 is 16.9 Å². The fraction of sp³-hybridized carbons (Fsp3) is 0.286. The van der Waals surface area contributed by atoms with Gasteiger partial charge in [-0.2, -0.15) is 0 Å². The van der Waals surface area contributed by atoms with Gasteiger partial charge in [-0.05, 0) is 31.5 Å². The lowest BCUT2D eigenvalue weighted by molar-refractivity contribution is -0.131. The SMILES string of the molecule is COc1ccc2c(CC(=O)N(C)C(C)c3ccc(C)cc3)coc2c1. The zero-order valence-corrected chi connectivity index (χ0v) is 15.1. The first-order valence-corrected chi connectivity index (χ1v) is 8.36. The van der Waals surface area contributed by atoms with Gasteiger partial charge in [-0.15, -0.1) is 0 Å². The molecule has 25 heavy (non-hydrogen) atoms. The van der Waals surface area contributed by atoms with E-state index in [0.29, 0.717) is 6.42 Å². The molecule has 0 aliphatic heterocycles. The van der Waals surface area contributed by atoms with E-state index in [1.807, 2.05) is 32.2 Å². The Kier molecular flexibility index (Phi) is 4.79. The number of fused-ring (bicyclic) bond motifs is 1. The summed E-state index contributed by atoms with van der Waals surface area (Å²) in [7, 11) is 3.47. The summed E-state index contributed by atoms with van der Waals surface area (Å²) < 4.78 is 10.8. The second-order valence-corrected chi connectivity index (χ2v) is 6.39. The van der Waals surface area contributed by atoms with E-state index < -0.39 is 0 Å². The van der Waals surface area contributed by atoms with Crippen molar-refractivity contribution in [3.8, 4) is 5.75 Å². The van der Waals surface area contributed by atoms with Crippen molar-refractivity contribution in [3.05, 3.63) is 65.4 Å². The average molecular weight is 337 g/mol. The number of likely N-dealkylation sites (N-methyl/N-ethyl adjacent to an activating group) is 1. The molecule has 4 heteroatoms. The highest BCUT2D eigenvalue weighted by atomic mass is 16.5. The highest BCUT2D eigenvalue weighted by molar-refractivity contribution is 5.88. The zero-order valence-electron chi connectivity index (χ0n) is 15.1. The molecule has 0 saturated carbocycles. The summed E-state index contributed by atoms with van der Waals surface area (Å²) >= 11 is 0. The van der Waals surface area contributed by atoms with Crippen LogP contribution >= 0.6 is 0 Å². The van der Waals surface area contributed by atoms with Crippen molar-refractivity contribution in [2.24, 2.45) is 0 Å². The lowest BCUT2D eigenvalue weighted by atomic mass is 10.0. The number of ether oxygens (including phenoxy) is 1. The van der Waals surface area contributed by atoms with Gasteiger partial charge in [0, 0.05) is 24.1 Å². The Balaban J connectivity index is 1.76. The summed E-state index contributed by atoms with van der Waals surface area (Å²) in [4.78, 5) is 14.5. The molecule has 3 aromatic rings. The largest absolute Gasteiger partial charge is 0.497 e. The molecule has 0 radical (unpaired) electrons.